The van der Waals surface area contributed by atoms with Gasteiger partial charge in [-0.25, -0.2) is 37.8 Å². The minimum absolute atomic E-state index is 0.00150. The molecule has 5 amide bonds. The van der Waals surface area contributed by atoms with E-state index in [2.05, 4.69) is 36.1 Å². The molecule has 71 heavy (non-hydrogen) atoms. The summed E-state index contributed by atoms with van der Waals surface area (Å²) in [6, 6.07) is 19.0. The van der Waals surface area contributed by atoms with Gasteiger partial charge in [-0.05, 0) is 57.2 Å². The number of nitrogens with zero attached hydrogens (tertiary/aromatic N) is 11. The molecule has 2 saturated heterocycles. The molecule has 0 atom stereocenters. The van der Waals surface area contributed by atoms with Gasteiger partial charge < -0.3 is 30.5 Å². The number of rotatable bonds is 6. The summed E-state index contributed by atoms with van der Waals surface area (Å²) in [5, 5.41) is 36.7. The fourth-order valence-electron chi connectivity index (χ4n) is 8.56. The van der Waals surface area contributed by atoms with Crippen LogP contribution in [0, 0.1) is 34.3 Å². The highest BCUT2D eigenvalue weighted by Gasteiger charge is 2.39. The third-order valence-corrected chi connectivity index (χ3v) is 11.9. The van der Waals surface area contributed by atoms with E-state index in [0.717, 1.165) is 4.90 Å². The molecule has 0 radical (unpaired) electrons. The number of nitriles is 2. The molecule has 0 spiro atoms. The normalized spacial score (nSPS) is 15.5. The zero-order chi connectivity index (χ0) is 50.1. The zero-order valence-corrected chi connectivity index (χ0v) is 38.6. The number of nitrogens with one attached hydrogen (secondary N) is 3. The van der Waals surface area contributed by atoms with Gasteiger partial charge in [0.15, 0.2) is 11.6 Å². The molecule has 4 aliphatic rings. The summed E-state index contributed by atoms with van der Waals surface area (Å²) >= 11 is 0. The summed E-state index contributed by atoms with van der Waals surface area (Å²) in [5.74, 6) is -0.926. The Kier molecular flexibility index (Phi) is 12.7. The zero-order valence-electron chi connectivity index (χ0n) is 38.6. The van der Waals surface area contributed by atoms with Crippen molar-refractivity contribution < 1.29 is 37.5 Å². The van der Waals surface area contributed by atoms with Crippen LogP contribution in [0.5, 0.6) is 0 Å². The van der Waals surface area contributed by atoms with Gasteiger partial charge in [-0.1, -0.05) is 12.1 Å². The predicted molar refractivity (Wildman–Crippen MR) is 250 cm³/mol. The fourth-order valence-corrected chi connectivity index (χ4v) is 8.56. The molecular weight excluding hydrogens is 919 g/mol. The maximum atomic E-state index is 15.0. The number of halogens is 2. The van der Waals surface area contributed by atoms with E-state index < -0.39 is 29.2 Å². The van der Waals surface area contributed by atoms with Crippen molar-refractivity contribution in [3.05, 3.63) is 118 Å². The first-order valence-electron chi connectivity index (χ1n) is 22.5. The second-order valence-electron chi connectivity index (χ2n) is 17.7. The first-order valence-corrected chi connectivity index (χ1v) is 22.5. The molecule has 4 aliphatic heterocycles. The lowest BCUT2D eigenvalue weighted by Gasteiger charge is -2.23. The number of hydrogen-bond donors (Lipinski definition) is 3. The van der Waals surface area contributed by atoms with Gasteiger partial charge in [0.2, 0.25) is 11.8 Å². The van der Waals surface area contributed by atoms with Crippen LogP contribution in [0.3, 0.4) is 0 Å². The van der Waals surface area contributed by atoms with Crippen LogP contribution in [0.25, 0.3) is 33.9 Å². The van der Waals surface area contributed by atoms with Gasteiger partial charge in [-0.3, -0.25) is 19.2 Å². The molecule has 6 aromatic rings. The minimum Gasteiger partial charge on any atom is -0.443 e. The molecule has 2 aromatic carbocycles. The number of amides is 5. The van der Waals surface area contributed by atoms with Gasteiger partial charge in [0, 0.05) is 76.6 Å². The second kappa shape index (κ2) is 19.2. The van der Waals surface area contributed by atoms with Gasteiger partial charge in [-0.15, -0.1) is 0 Å². The summed E-state index contributed by atoms with van der Waals surface area (Å²) in [6.07, 6.45) is 3.21. The van der Waals surface area contributed by atoms with Crippen molar-refractivity contribution in [2.24, 2.45) is 0 Å². The lowest BCUT2D eigenvalue weighted by Crippen LogP contribution is -2.37. The SMILES string of the molecule is CC(C)(C)OC(=O)N1Cc2nc(-c3c(F)cccc3C#N)cc(-n3ccc(N4CCNC(=O)CC4)n3)c2C1=O.N#Cc1cccc(F)c1-c1cc(-n2ccc(N3CCNC(=O)CC3)n2)c2c(n1)CNC2=O. The largest absolute Gasteiger partial charge is 0.443 e. The van der Waals surface area contributed by atoms with Gasteiger partial charge in [-0.2, -0.15) is 20.7 Å². The van der Waals surface area contributed by atoms with Crippen molar-refractivity contribution in [3.8, 4) is 46.0 Å². The van der Waals surface area contributed by atoms with Crippen LogP contribution in [0.2, 0.25) is 0 Å². The van der Waals surface area contributed by atoms with Gasteiger partial charge in [0.25, 0.3) is 11.8 Å². The van der Waals surface area contributed by atoms with Gasteiger partial charge >= 0.3 is 6.09 Å². The molecule has 0 bridgehead atoms. The molecule has 22 heteroatoms. The number of carbonyl (C=O) groups excluding carboxylic acids is 5. The topological polar surface area (TPSA) is 249 Å². The summed E-state index contributed by atoms with van der Waals surface area (Å²) in [4.78, 5) is 76.1. The van der Waals surface area contributed by atoms with Crippen molar-refractivity contribution in [3.63, 3.8) is 0 Å². The first-order chi connectivity index (χ1) is 34.1. The summed E-state index contributed by atoms with van der Waals surface area (Å²) < 4.78 is 38.1. The lowest BCUT2D eigenvalue weighted by atomic mass is 10.0. The van der Waals surface area contributed by atoms with Crippen LogP contribution in [0.1, 0.15) is 76.8 Å². The van der Waals surface area contributed by atoms with Gasteiger partial charge in [0.1, 0.15) is 17.2 Å². The highest BCUT2D eigenvalue weighted by atomic mass is 19.1. The fraction of sp³-hybridized carbons (Fsp3) is 0.286. The summed E-state index contributed by atoms with van der Waals surface area (Å²) in [5.41, 5.74) is 1.76. The number of hydrogen-bond acceptors (Lipinski definition) is 14. The van der Waals surface area contributed by atoms with Crippen LogP contribution in [-0.2, 0) is 27.4 Å². The Morgan fingerprint density at radius 2 is 1.18 bits per heavy atom. The van der Waals surface area contributed by atoms with Crippen molar-refractivity contribution >= 4 is 41.4 Å². The third-order valence-electron chi connectivity index (χ3n) is 11.9. The quantitative estimate of drug-likeness (QED) is 0.205. The second-order valence-corrected chi connectivity index (χ2v) is 17.7. The molecule has 0 saturated carbocycles. The molecule has 360 valence electrons. The number of anilines is 2. The molecule has 0 unspecified atom stereocenters. The van der Waals surface area contributed by atoms with E-state index in [9.17, 15) is 43.3 Å². The van der Waals surface area contributed by atoms with Crippen LogP contribution in [0.4, 0.5) is 25.2 Å². The number of ether oxygens (including phenoxy) is 1. The molecule has 0 aliphatic carbocycles. The Bertz CT molecular complexity index is 3260. The molecule has 3 N–H and O–H groups in total. The molecular formula is C49H44F2N14O6. The number of aromatic nitrogens is 6. The molecule has 2 fully saturated rings. The third kappa shape index (κ3) is 9.55. The van der Waals surface area contributed by atoms with E-state index in [1.165, 1.54) is 47.1 Å². The van der Waals surface area contributed by atoms with Gasteiger partial charge in [0.05, 0.1) is 92.8 Å². The van der Waals surface area contributed by atoms with Crippen LogP contribution < -0.4 is 25.8 Å². The predicted octanol–water partition coefficient (Wildman–Crippen LogP) is 4.68. The average Bonchev–Trinajstić information content (AvgIpc) is 4.12. The molecule has 10 rings (SSSR count). The Balaban J connectivity index is 0.000000179. The molecule has 8 heterocycles. The number of benzene rings is 2. The van der Waals surface area contributed by atoms with Crippen molar-refractivity contribution in [1.29, 1.82) is 10.5 Å². The van der Waals surface area contributed by atoms with E-state index >= 15 is 0 Å². The van der Waals surface area contributed by atoms with Crippen molar-refractivity contribution in [2.75, 3.05) is 49.1 Å². The standard InChI is InChI=1S/C27H26FN7O4.C22H18FN7O2/c1-27(2,3)39-26(38)34-15-19-24(25(34)37)20(13-18(31-19)23-16(14-29)5-4-6-17(23)28)35-11-7-21(32-35)33-10-8-22(36)30-9-12-33;23-14-3-1-2-13(11-24)20(14)15-10-17(21-16(27-15)12-26-22(21)32)30-8-4-18(28-30)29-7-5-19(31)25-6-9-29/h4-7,11,13H,8-10,12,15H2,1-3H3,(H,30,36);1-4,8,10H,5-7,9,12H2,(H,25,31)(H,26,32). The summed E-state index contributed by atoms with van der Waals surface area (Å²) in [6.45, 7) is 8.25. The van der Waals surface area contributed by atoms with E-state index in [-0.39, 0.29) is 81.4 Å². The van der Waals surface area contributed by atoms with E-state index in [0.29, 0.717) is 80.7 Å². The van der Waals surface area contributed by atoms with E-state index in [1.54, 1.807) is 56.0 Å². The van der Waals surface area contributed by atoms with E-state index in [4.69, 9.17) is 4.74 Å². The average molecular weight is 963 g/mol. The van der Waals surface area contributed by atoms with E-state index in [1.807, 2.05) is 21.9 Å². The Morgan fingerprint density at radius 3 is 1.69 bits per heavy atom. The summed E-state index contributed by atoms with van der Waals surface area (Å²) in [7, 11) is 0. The highest BCUT2D eigenvalue weighted by Crippen LogP contribution is 2.36. The Hall–Kier alpha value is -9.05. The van der Waals surface area contributed by atoms with Crippen LogP contribution >= 0.6 is 0 Å². The molecule has 4 aromatic heterocycles. The number of pyridine rings is 2. The maximum absolute atomic E-state index is 15.0. The minimum atomic E-state index is -0.831. The lowest BCUT2D eigenvalue weighted by molar-refractivity contribution is -0.121. The smallest absolute Gasteiger partial charge is 0.417 e. The number of imide groups is 1. The first kappa shape index (κ1) is 47.0. The number of fused-ring (bicyclic) bond motifs is 2. The highest BCUT2D eigenvalue weighted by molar-refractivity contribution is 6.09. The van der Waals surface area contributed by atoms with Crippen molar-refractivity contribution in [1.82, 2.24) is 50.4 Å². The molecule has 20 nitrogen and oxygen atoms in total. The van der Waals surface area contributed by atoms with Crippen LogP contribution in [-0.4, -0.2) is 109 Å². The van der Waals surface area contributed by atoms with Crippen LogP contribution in [0.15, 0.2) is 73.1 Å². The Morgan fingerprint density at radius 1 is 0.676 bits per heavy atom. The maximum Gasteiger partial charge on any atom is 0.417 e. The monoisotopic (exact) mass is 962 g/mol. The number of carbonyl (C=O) groups is 5. The van der Waals surface area contributed by atoms with Crippen molar-refractivity contribution in [2.45, 2.75) is 52.3 Å². The Labute approximate surface area is 404 Å².